The van der Waals surface area contributed by atoms with E-state index in [2.05, 4.69) is 5.32 Å². The van der Waals surface area contributed by atoms with Crippen molar-refractivity contribution in [3.8, 4) is 0 Å². The fourth-order valence-electron chi connectivity index (χ4n) is 2.97. The summed E-state index contributed by atoms with van der Waals surface area (Å²) >= 11 is 1.44. The number of benzene rings is 1. The molecule has 22 heavy (non-hydrogen) atoms. The second kappa shape index (κ2) is 6.46. The number of piperidine rings is 1. The molecule has 1 aromatic heterocycles. The highest BCUT2D eigenvalue weighted by Crippen LogP contribution is 2.34. The van der Waals surface area contributed by atoms with Gasteiger partial charge in [0.2, 0.25) is 6.43 Å². The lowest BCUT2D eigenvalue weighted by Gasteiger charge is -2.33. The van der Waals surface area contributed by atoms with Gasteiger partial charge in [-0.05, 0) is 35.9 Å². The summed E-state index contributed by atoms with van der Waals surface area (Å²) in [5.74, 6) is 0. The third kappa shape index (κ3) is 3.22. The number of hydrogen-bond donors (Lipinski definition) is 1. The molecule has 0 aliphatic carbocycles. The van der Waals surface area contributed by atoms with E-state index in [4.69, 9.17) is 0 Å². The van der Waals surface area contributed by atoms with Gasteiger partial charge in [0.1, 0.15) is 6.17 Å². The van der Waals surface area contributed by atoms with E-state index in [1.807, 2.05) is 30.1 Å². The Morgan fingerprint density at radius 3 is 2.95 bits per heavy atom. The molecule has 0 spiro atoms. The molecule has 1 fully saturated rings. The van der Waals surface area contributed by atoms with Crippen LogP contribution in [0.3, 0.4) is 0 Å². The Balaban J connectivity index is 1.83. The van der Waals surface area contributed by atoms with Crippen LogP contribution in [0.4, 0.5) is 18.9 Å². The van der Waals surface area contributed by atoms with Crippen LogP contribution in [-0.2, 0) is 6.42 Å². The van der Waals surface area contributed by atoms with Crippen molar-refractivity contribution in [1.82, 2.24) is 4.90 Å². The van der Waals surface area contributed by atoms with Crippen molar-refractivity contribution < 1.29 is 13.2 Å². The average Bonchev–Trinajstić information content (AvgIpc) is 2.85. The molecule has 1 aromatic carbocycles. The van der Waals surface area contributed by atoms with Gasteiger partial charge in [-0.25, -0.2) is 13.2 Å². The second-order valence-electron chi connectivity index (χ2n) is 5.86. The molecule has 0 saturated carbocycles. The van der Waals surface area contributed by atoms with Gasteiger partial charge in [-0.1, -0.05) is 12.1 Å². The minimum Gasteiger partial charge on any atom is -0.378 e. The molecule has 1 aliphatic rings. The summed E-state index contributed by atoms with van der Waals surface area (Å²) in [6, 6.07) is 5.38. The number of thiophene rings is 1. The van der Waals surface area contributed by atoms with Crippen LogP contribution >= 0.6 is 11.3 Å². The van der Waals surface area contributed by atoms with Crippen LogP contribution < -0.4 is 5.32 Å². The predicted molar refractivity (Wildman–Crippen MR) is 86.0 cm³/mol. The zero-order chi connectivity index (χ0) is 15.7. The smallest absolute Gasteiger partial charge is 0.242 e. The van der Waals surface area contributed by atoms with Crippen molar-refractivity contribution in [3.05, 3.63) is 29.1 Å². The Morgan fingerprint density at radius 2 is 2.23 bits per heavy atom. The number of rotatable bonds is 4. The van der Waals surface area contributed by atoms with Crippen LogP contribution in [-0.4, -0.2) is 43.7 Å². The maximum absolute atomic E-state index is 14.2. The summed E-state index contributed by atoms with van der Waals surface area (Å²) in [5.41, 5.74) is 1.51. The van der Waals surface area contributed by atoms with Crippen LogP contribution in [0.5, 0.6) is 0 Å². The number of likely N-dealkylation sites (tertiary alicyclic amines) is 1. The SMILES string of the molecule is CN1CC[C@@H](Nc2cccc3c(CC(F)F)csc23)[C@@H](F)C1. The Labute approximate surface area is 131 Å². The third-order valence-corrected chi connectivity index (χ3v) is 5.22. The van der Waals surface area contributed by atoms with Crippen molar-refractivity contribution in [2.24, 2.45) is 0 Å². The molecule has 2 aromatic rings. The van der Waals surface area contributed by atoms with Crippen molar-refractivity contribution in [1.29, 1.82) is 0 Å². The monoisotopic (exact) mass is 328 g/mol. The highest BCUT2D eigenvalue weighted by molar-refractivity contribution is 7.18. The molecule has 0 amide bonds. The molecule has 1 aliphatic heterocycles. The summed E-state index contributed by atoms with van der Waals surface area (Å²) in [4.78, 5) is 1.98. The first-order chi connectivity index (χ1) is 10.5. The van der Waals surface area contributed by atoms with E-state index < -0.39 is 12.6 Å². The number of halogens is 3. The third-order valence-electron chi connectivity index (χ3n) is 4.14. The molecule has 0 bridgehead atoms. The molecule has 3 rings (SSSR count). The second-order valence-corrected chi connectivity index (χ2v) is 6.74. The van der Waals surface area contributed by atoms with Crippen molar-refractivity contribution in [2.75, 3.05) is 25.5 Å². The zero-order valence-corrected chi connectivity index (χ0v) is 13.2. The van der Waals surface area contributed by atoms with E-state index in [1.54, 1.807) is 5.38 Å². The molecule has 2 atom stereocenters. The first-order valence-electron chi connectivity index (χ1n) is 7.41. The Bertz CT molecular complexity index is 643. The standard InChI is InChI=1S/C16H19F3N2S/c1-21-6-5-13(12(17)8-21)20-14-4-2-3-11-10(7-15(18)19)9-22-16(11)14/h2-4,9,12-13,15,20H,5-8H2,1H3/t12-,13+/m0/s1. The maximum Gasteiger partial charge on any atom is 0.242 e. The number of nitrogens with zero attached hydrogens (tertiary/aromatic N) is 1. The van der Waals surface area contributed by atoms with E-state index >= 15 is 0 Å². The van der Waals surface area contributed by atoms with Gasteiger partial charge >= 0.3 is 0 Å². The first-order valence-corrected chi connectivity index (χ1v) is 8.29. The molecule has 1 N–H and O–H groups in total. The minimum atomic E-state index is -2.35. The Kier molecular flexibility index (Phi) is 4.59. The highest BCUT2D eigenvalue weighted by atomic mass is 32.1. The highest BCUT2D eigenvalue weighted by Gasteiger charge is 2.27. The van der Waals surface area contributed by atoms with E-state index in [0.717, 1.165) is 28.7 Å². The lowest BCUT2D eigenvalue weighted by molar-refractivity contribution is 0.149. The number of hydrogen-bond acceptors (Lipinski definition) is 3. The van der Waals surface area contributed by atoms with E-state index in [0.29, 0.717) is 12.1 Å². The Morgan fingerprint density at radius 1 is 1.41 bits per heavy atom. The minimum absolute atomic E-state index is 0.220. The van der Waals surface area contributed by atoms with Crippen molar-refractivity contribution in [2.45, 2.75) is 31.5 Å². The van der Waals surface area contributed by atoms with Gasteiger partial charge in [-0.2, -0.15) is 0 Å². The normalized spacial score (nSPS) is 23.3. The fourth-order valence-corrected chi connectivity index (χ4v) is 4.03. The van der Waals surface area contributed by atoms with Crippen molar-refractivity contribution in [3.63, 3.8) is 0 Å². The molecule has 2 nitrogen and oxygen atoms in total. The molecular weight excluding hydrogens is 309 g/mol. The van der Waals surface area contributed by atoms with Gasteiger partial charge in [0.15, 0.2) is 0 Å². The van der Waals surface area contributed by atoms with E-state index in [9.17, 15) is 13.2 Å². The van der Waals surface area contributed by atoms with Gasteiger partial charge < -0.3 is 10.2 Å². The quantitative estimate of drug-likeness (QED) is 0.906. The number of anilines is 1. The van der Waals surface area contributed by atoms with Gasteiger partial charge in [-0.15, -0.1) is 11.3 Å². The zero-order valence-electron chi connectivity index (χ0n) is 12.4. The van der Waals surface area contributed by atoms with Crippen LogP contribution in [0, 0.1) is 0 Å². The molecule has 0 unspecified atom stereocenters. The van der Waals surface area contributed by atoms with Gasteiger partial charge in [0, 0.05) is 19.5 Å². The summed E-state index contributed by atoms with van der Waals surface area (Å²) in [6.07, 6.45) is -2.76. The molecule has 6 heteroatoms. The summed E-state index contributed by atoms with van der Waals surface area (Å²) in [6.45, 7) is 1.28. The molecule has 2 heterocycles. The van der Waals surface area contributed by atoms with Crippen LogP contribution in [0.15, 0.2) is 23.6 Å². The summed E-state index contributed by atoms with van der Waals surface area (Å²) < 4.78 is 40.3. The number of nitrogens with one attached hydrogen (secondary N) is 1. The fraction of sp³-hybridized carbons (Fsp3) is 0.500. The first kappa shape index (κ1) is 15.6. The van der Waals surface area contributed by atoms with E-state index in [-0.39, 0.29) is 12.5 Å². The van der Waals surface area contributed by atoms with Crippen LogP contribution in [0.25, 0.3) is 10.1 Å². The lowest BCUT2D eigenvalue weighted by Crippen LogP contribution is -2.46. The molecule has 1 saturated heterocycles. The summed E-state index contributed by atoms with van der Waals surface area (Å²) in [5, 5.41) is 5.91. The maximum atomic E-state index is 14.2. The van der Waals surface area contributed by atoms with Crippen LogP contribution in [0.2, 0.25) is 0 Å². The van der Waals surface area contributed by atoms with Crippen LogP contribution in [0.1, 0.15) is 12.0 Å². The Hall–Kier alpha value is -1.27. The van der Waals surface area contributed by atoms with Gasteiger partial charge in [0.05, 0.1) is 16.4 Å². The largest absolute Gasteiger partial charge is 0.378 e. The molecular formula is C16H19F3N2S. The number of alkyl halides is 3. The topological polar surface area (TPSA) is 15.3 Å². The van der Waals surface area contributed by atoms with E-state index in [1.165, 1.54) is 11.3 Å². The number of fused-ring (bicyclic) bond motifs is 1. The average molecular weight is 328 g/mol. The summed E-state index contributed by atoms with van der Waals surface area (Å²) in [7, 11) is 1.92. The lowest BCUT2D eigenvalue weighted by atomic mass is 10.0. The van der Waals surface area contributed by atoms with Gasteiger partial charge in [0.25, 0.3) is 0 Å². The van der Waals surface area contributed by atoms with Gasteiger partial charge in [-0.3, -0.25) is 0 Å². The molecule has 120 valence electrons. The van der Waals surface area contributed by atoms with Crippen molar-refractivity contribution >= 4 is 27.1 Å². The predicted octanol–water partition coefficient (Wildman–Crippen LogP) is 4.16. The molecule has 0 radical (unpaired) electrons.